The highest BCUT2D eigenvalue weighted by Crippen LogP contribution is 2.12. The molecule has 0 spiro atoms. The van der Waals surface area contributed by atoms with Crippen molar-refractivity contribution >= 4 is 17.6 Å². The monoisotopic (exact) mass is 311 g/mol. The molecule has 5 nitrogen and oxygen atoms in total. The second-order valence-electron chi connectivity index (χ2n) is 5.64. The van der Waals surface area contributed by atoms with Gasteiger partial charge in [0.1, 0.15) is 5.82 Å². The highest BCUT2D eigenvalue weighted by atomic mass is 16.2. The summed E-state index contributed by atoms with van der Waals surface area (Å²) in [5, 5.41) is 2.59. The average molecular weight is 311 g/mol. The van der Waals surface area contributed by atoms with E-state index in [4.69, 9.17) is 0 Å². The molecule has 120 valence electrons. The molecule has 0 unspecified atom stereocenters. The zero-order chi connectivity index (χ0) is 16.8. The fourth-order valence-corrected chi connectivity index (χ4v) is 2.18. The quantitative estimate of drug-likeness (QED) is 0.883. The van der Waals surface area contributed by atoms with Crippen molar-refractivity contribution in [2.75, 3.05) is 5.32 Å². The Hall–Kier alpha value is -2.69. The van der Waals surface area contributed by atoms with Crippen LogP contribution in [0.25, 0.3) is 0 Å². The molecule has 0 aliphatic heterocycles. The summed E-state index contributed by atoms with van der Waals surface area (Å²) in [6, 6.07) is 13.1. The zero-order valence-electron chi connectivity index (χ0n) is 13.6. The van der Waals surface area contributed by atoms with Gasteiger partial charge in [0.15, 0.2) is 0 Å². The fraction of sp³-hybridized carbons (Fsp3) is 0.278. The molecule has 5 heteroatoms. The molecular formula is C18H21N3O2. The van der Waals surface area contributed by atoms with Crippen molar-refractivity contribution < 1.29 is 9.59 Å². The number of hydrogen-bond donors (Lipinski definition) is 1. The van der Waals surface area contributed by atoms with E-state index in [1.807, 2.05) is 57.2 Å². The van der Waals surface area contributed by atoms with Crippen LogP contribution in [0.15, 0.2) is 48.7 Å². The number of aromatic nitrogens is 1. The highest BCUT2D eigenvalue weighted by Gasteiger charge is 2.25. The van der Waals surface area contributed by atoms with E-state index >= 15 is 0 Å². The normalized spacial score (nSPS) is 10.4. The van der Waals surface area contributed by atoms with Crippen LogP contribution in [0.2, 0.25) is 0 Å². The highest BCUT2D eigenvalue weighted by molar-refractivity contribution is 6.39. The molecule has 0 bridgehead atoms. The Kier molecular flexibility index (Phi) is 5.46. The summed E-state index contributed by atoms with van der Waals surface area (Å²) < 4.78 is 0. The van der Waals surface area contributed by atoms with Crippen LogP contribution in [0.4, 0.5) is 5.82 Å². The van der Waals surface area contributed by atoms with Gasteiger partial charge in [0, 0.05) is 18.8 Å². The van der Waals surface area contributed by atoms with Gasteiger partial charge in [0.25, 0.3) is 0 Å². The molecule has 0 aliphatic carbocycles. The lowest BCUT2D eigenvalue weighted by Crippen LogP contribution is -2.43. The Morgan fingerprint density at radius 3 is 2.43 bits per heavy atom. The molecule has 0 saturated heterocycles. The number of anilines is 1. The molecule has 1 heterocycles. The molecule has 0 aliphatic rings. The average Bonchev–Trinajstić information content (AvgIpc) is 2.54. The number of carbonyl (C=O) groups is 2. The first-order chi connectivity index (χ1) is 11.0. The van der Waals surface area contributed by atoms with Crippen molar-refractivity contribution in [3.63, 3.8) is 0 Å². The minimum atomic E-state index is -0.670. The topological polar surface area (TPSA) is 62.3 Å². The van der Waals surface area contributed by atoms with Gasteiger partial charge in [-0.25, -0.2) is 4.98 Å². The maximum Gasteiger partial charge on any atom is 0.315 e. The molecule has 2 aromatic rings. The molecular weight excluding hydrogens is 290 g/mol. The van der Waals surface area contributed by atoms with Crippen molar-refractivity contribution in [3.8, 4) is 0 Å². The smallest absolute Gasteiger partial charge is 0.315 e. The number of aryl methyl sites for hydroxylation is 1. The van der Waals surface area contributed by atoms with Gasteiger partial charge in [-0.2, -0.15) is 0 Å². The number of pyridine rings is 1. The van der Waals surface area contributed by atoms with Crippen LogP contribution in [0, 0.1) is 6.92 Å². The van der Waals surface area contributed by atoms with Crippen molar-refractivity contribution in [3.05, 3.63) is 59.8 Å². The third kappa shape index (κ3) is 4.39. The summed E-state index contributed by atoms with van der Waals surface area (Å²) in [4.78, 5) is 30.4. The molecule has 1 aromatic carbocycles. The summed E-state index contributed by atoms with van der Waals surface area (Å²) in [5.74, 6) is -0.820. The Morgan fingerprint density at radius 1 is 1.13 bits per heavy atom. The summed E-state index contributed by atoms with van der Waals surface area (Å²) >= 11 is 0. The zero-order valence-corrected chi connectivity index (χ0v) is 13.6. The molecule has 0 atom stereocenters. The van der Waals surface area contributed by atoms with Gasteiger partial charge in [0.2, 0.25) is 0 Å². The molecule has 0 saturated carbocycles. The number of amides is 2. The first-order valence-corrected chi connectivity index (χ1v) is 7.56. The van der Waals surface area contributed by atoms with E-state index in [9.17, 15) is 9.59 Å². The summed E-state index contributed by atoms with van der Waals surface area (Å²) in [6.45, 7) is 6.00. The van der Waals surface area contributed by atoms with Crippen molar-refractivity contribution in [1.82, 2.24) is 9.88 Å². The number of hydrogen-bond acceptors (Lipinski definition) is 3. The molecule has 0 radical (unpaired) electrons. The number of nitrogens with zero attached hydrogens (tertiary/aromatic N) is 2. The summed E-state index contributed by atoms with van der Waals surface area (Å²) in [7, 11) is 0. The van der Waals surface area contributed by atoms with Gasteiger partial charge in [-0.05, 0) is 38.0 Å². The lowest BCUT2D eigenvalue weighted by atomic mass is 10.2. The molecule has 1 N–H and O–H groups in total. The van der Waals surface area contributed by atoms with Gasteiger partial charge in [0.05, 0.1) is 0 Å². The van der Waals surface area contributed by atoms with Gasteiger partial charge < -0.3 is 10.2 Å². The number of benzene rings is 1. The lowest BCUT2D eigenvalue weighted by Gasteiger charge is -2.26. The van der Waals surface area contributed by atoms with Gasteiger partial charge in [-0.1, -0.05) is 36.4 Å². The standard InChI is InChI=1S/C18H21N3O2/c1-13(2)21(12-15-9-5-4-6-10-15)18(23)17(22)20-16-14(3)8-7-11-19-16/h4-11,13H,12H2,1-3H3,(H,19,20,22). The third-order valence-electron chi connectivity index (χ3n) is 3.52. The van der Waals surface area contributed by atoms with Gasteiger partial charge in [-0.15, -0.1) is 0 Å². The first kappa shape index (κ1) is 16.7. The Balaban J connectivity index is 2.11. The van der Waals surface area contributed by atoms with E-state index in [1.54, 1.807) is 17.2 Å². The maximum absolute atomic E-state index is 12.5. The first-order valence-electron chi connectivity index (χ1n) is 7.56. The van der Waals surface area contributed by atoms with Crippen molar-refractivity contribution in [2.24, 2.45) is 0 Å². The number of rotatable bonds is 4. The molecule has 23 heavy (non-hydrogen) atoms. The van der Waals surface area contributed by atoms with Crippen molar-refractivity contribution in [1.29, 1.82) is 0 Å². The number of carbonyl (C=O) groups excluding carboxylic acids is 2. The maximum atomic E-state index is 12.5. The van der Waals surface area contributed by atoms with E-state index < -0.39 is 11.8 Å². The van der Waals surface area contributed by atoms with E-state index in [2.05, 4.69) is 10.3 Å². The molecule has 2 rings (SSSR count). The van der Waals surface area contributed by atoms with Crippen LogP contribution in [-0.4, -0.2) is 27.7 Å². The Labute approximate surface area is 136 Å². The summed E-state index contributed by atoms with van der Waals surface area (Å²) in [6.07, 6.45) is 1.58. The van der Waals surface area contributed by atoms with Crippen LogP contribution in [0.1, 0.15) is 25.0 Å². The van der Waals surface area contributed by atoms with Crippen LogP contribution in [0.5, 0.6) is 0 Å². The molecule has 0 fully saturated rings. The van der Waals surface area contributed by atoms with E-state index in [1.165, 1.54) is 0 Å². The largest absolute Gasteiger partial charge is 0.328 e. The van der Waals surface area contributed by atoms with Crippen LogP contribution < -0.4 is 5.32 Å². The predicted octanol–water partition coefficient (Wildman–Crippen LogP) is 2.77. The van der Waals surface area contributed by atoms with Crippen LogP contribution in [-0.2, 0) is 16.1 Å². The predicted molar refractivity (Wildman–Crippen MR) is 89.7 cm³/mol. The second kappa shape index (κ2) is 7.54. The SMILES string of the molecule is Cc1cccnc1NC(=O)C(=O)N(Cc1ccccc1)C(C)C. The molecule has 2 amide bonds. The minimum Gasteiger partial charge on any atom is -0.328 e. The number of nitrogens with one attached hydrogen (secondary N) is 1. The van der Waals surface area contributed by atoms with Crippen LogP contribution in [0.3, 0.4) is 0 Å². The van der Waals surface area contributed by atoms with Gasteiger partial charge >= 0.3 is 11.8 Å². The Morgan fingerprint density at radius 2 is 1.83 bits per heavy atom. The minimum absolute atomic E-state index is 0.0849. The summed E-state index contributed by atoms with van der Waals surface area (Å²) in [5.41, 5.74) is 1.80. The fourth-order valence-electron chi connectivity index (χ4n) is 2.18. The van der Waals surface area contributed by atoms with E-state index in [0.29, 0.717) is 12.4 Å². The molecule has 1 aromatic heterocycles. The lowest BCUT2D eigenvalue weighted by molar-refractivity contribution is -0.144. The van der Waals surface area contributed by atoms with Crippen LogP contribution >= 0.6 is 0 Å². The van der Waals surface area contributed by atoms with Gasteiger partial charge in [-0.3, -0.25) is 9.59 Å². The third-order valence-corrected chi connectivity index (χ3v) is 3.52. The Bertz CT molecular complexity index is 684. The van der Waals surface area contributed by atoms with E-state index in [0.717, 1.165) is 11.1 Å². The van der Waals surface area contributed by atoms with Crippen molar-refractivity contribution in [2.45, 2.75) is 33.4 Å². The van der Waals surface area contributed by atoms with E-state index in [-0.39, 0.29) is 6.04 Å². The second-order valence-corrected chi connectivity index (χ2v) is 5.64.